The van der Waals surface area contributed by atoms with Crippen molar-refractivity contribution in [2.45, 2.75) is 58.9 Å². The third-order valence-electron chi connectivity index (χ3n) is 3.21. The molecule has 123 valence electrons. The highest BCUT2D eigenvalue weighted by molar-refractivity contribution is 6.44. The van der Waals surface area contributed by atoms with Crippen LogP contribution in [-0.2, 0) is 18.4 Å². The van der Waals surface area contributed by atoms with Crippen LogP contribution >= 0.6 is 0 Å². The molecule has 0 bridgehead atoms. The van der Waals surface area contributed by atoms with Crippen LogP contribution < -0.4 is 0 Å². The molecule has 0 aliphatic rings. The van der Waals surface area contributed by atoms with E-state index in [9.17, 15) is 4.79 Å². The first-order valence-electron chi connectivity index (χ1n) is 8.04. The highest BCUT2D eigenvalue weighted by atomic mass is 28.3. The summed E-state index contributed by atoms with van der Waals surface area (Å²) in [7, 11) is -1.04. The number of carbonyl (C=O) groups is 1. The van der Waals surface area contributed by atoms with Crippen LogP contribution in [0.4, 0.5) is 0 Å². The summed E-state index contributed by atoms with van der Waals surface area (Å²) in [4.78, 5) is 10.9. The van der Waals surface area contributed by atoms with Gasteiger partial charge in [0, 0.05) is 19.3 Å². The molecule has 0 spiro atoms. The first kappa shape index (κ1) is 20.3. The smallest absolute Gasteiger partial charge is 0.384 e. The van der Waals surface area contributed by atoms with Crippen molar-refractivity contribution in [1.82, 2.24) is 0 Å². The van der Waals surface area contributed by atoms with Crippen molar-refractivity contribution in [3.05, 3.63) is 12.7 Å². The van der Waals surface area contributed by atoms with Gasteiger partial charge in [-0.2, -0.15) is 0 Å². The van der Waals surface area contributed by atoms with Gasteiger partial charge in [0.15, 0.2) is 0 Å². The molecule has 0 saturated heterocycles. The Morgan fingerprint density at radius 1 is 1.14 bits per heavy atom. The van der Waals surface area contributed by atoms with Gasteiger partial charge in [-0.25, -0.2) is 4.79 Å². The predicted molar refractivity (Wildman–Crippen MR) is 87.2 cm³/mol. The Labute approximate surface area is 131 Å². The van der Waals surface area contributed by atoms with Gasteiger partial charge >= 0.3 is 15.3 Å². The molecule has 5 heteroatoms. The third kappa shape index (κ3) is 12.8. The van der Waals surface area contributed by atoms with Gasteiger partial charge in [0.2, 0.25) is 0 Å². The first-order valence-corrected chi connectivity index (χ1v) is 9.56. The number of hydrogen-bond acceptors (Lipinski definition) is 4. The van der Waals surface area contributed by atoms with Crippen molar-refractivity contribution in [3.8, 4) is 0 Å². The zero-order chi connectivity index (χ0) is 15.9. The Kier molecular flexibility index (Phi) is 13.8. The van der Waals surface area contributed by atoms with Gasteiger partial charge in [0.25, 0.3) is 0 Å². The van der Waals surface area contributed by atoms with Crippen molar-refractivity contribution in [2.75, 3.05) is 19.8 Å². The van der Waals surface area contributed by atoms with Crippen LogP contribution in [0.25, 0.3) is 0 Å². The second kappa shape index (κ2) is 14.3. The average molecular weight is 316 g/mol. The lowest BCUT2D eigenvalue weighted by atomic mass is 10.0. The highest BCUT2D eigenvalue weighted by Gasteiger charge is 2.13. The molecule has 0 amide bonds. The normalized spacial score (nSPS) is 12.4. The molecular weight excluding hydrogens is 284 g/mol. The average Bonchev–Trinajstić information content (AvgIpc) is 2.47. The fourth-order valence-electron chi connectivity index (χ4n) is 2.01. The Morgan fingerprint density at radius 2 is 1.81 bits per heavy atom. The van der Waals surface area contributed by atoms with Crippen molar-refractivity contribution < 1.29 is 18.4 Å². The maximum absolute atomic E-state index is 10.9. The largest absolute Gasteiger partial charge is 0.463 e. The molecule has 0 heterocycles. The van der Waals surface area contributed by atoms with Crippen molar-refractivity contribution >= 4 is 15.3 Å². The number of ether oxygens (including phenoxy) is 1. The van der Waals surface area contributed by atoms with Crippen molar-refractivity contribution in [3.63, 3.8) is 0 Å². The SMILES string of the molecule is C=CC(=O)OCCC(C)CCCCC[Si](OCC)OCC. The summed E-state index contributed by atoms with van der Waals surface area (Å²) in [5, 5.41) is 0. The van der Waals surface area contributed by atoms with Crippen LogP contribution in [0.2, 0.25) is 6.04 Å². The summed E-state index contributed by atoms with van der Waals surface area (Å²) in [5.41, 5.74) is 0. The number of carbonyl (C=O) groups excluding carboxylic acids is 1. The quantitative estimate of drug-likeness (QED) is 0.211. The molecule has 21 heavy (non-hydrogen) atoms. The topological polar surface area (TPSA) is 44.8 Å². The Balaban J connectivity index is 3.51. The molecule has 0 aromatic carbocycles. The lowest BCUT2D eigenvalue weighted by Crippen LogP contribution is -2.22. The van der Waals surface area contributed by atoms with Gasteiger partial charge in [-0.1, -0.05) is 39.2 Å². The van der Waals surface area contributed by atoms with E-state index in [0.29, 0.717) is 12.5 Å². The minimum atomic E-state index is -1.04. The van der Waals surface area contributed by atoms with Gasteiger partial charge in [-0.3, -0.25) is 0 Å². The molecule has 1 unspecified atom stereocenters. The van der Waals surface area contributed by atoms with E-state index in [2.05, 4.69) is 13.5 Å². The van der Waals surface area contributed by atoms with E-state index in [1.807, 2.05) is 13.8 Å². The van der Waals surface area contributed by atoms with E-state index in [4.69, 9.17) is 13.6 Å². The summed E-state index contributed by atoms with van der Waals surface area (Å²) < 4.78 is 16.2. The predicted octanol–water partition coefficient (Wildman–Crippen LogP) is 3.86. The molecule has 0 aromatic heterocycles. The van der Waals surface area contributed by atoms with Gasteiger partial charge in [0.1, 0.15) is 0 Å². The van der Waals surface area contributed by atoms with Crippen LogP contribution in [0.5, 0.6) is 0 Å². The maximum Gasteiger partial charge on any atom is 0.384 e. The van der Waals surface area contributed by atoms with Gasteiger partial charge in [-0.15, -0.1) is 0 Å². The van der Waals surface area contributed by atoms with Crippen LogP contribution in [0.15, 0.2) is 12.7 Å². The van der Waals surface area contributed by atoms with Gasteiger partial charge < -0.3 is 13.6 Å². The molecule has 0 aliphatic carbocycles. The van der Waals surface area contributed by atoms with E-state index < -0.39 is 9.28 Å². The zero-order valence-corrected chi connectivity index (χ0v) is 14.9. The summed E-state index contributed by atoms with van der Waals surface area (Å²) in [6, 6.07) is 1.07. The molecule has 0 aromatic rings. The van der Waals surface area contributed by atoms with Crippen LogP contribution in [0.3, 0.4) is 0 Å². The van der Waals surface area contributed by atoms with Crippen LogP contribution in [-0.4, -0.2) is 35.1 Å². The molecule has 1 atom stereocenters. The van der Waals surface area contributed by atoms with E-state index in [1.54, 1.807) is 0 Å². The number of hydrogen-bond donors (Lipinski definition) is 0. The van der Waals surface area contributed by atoms with E-state index >= 15 is 0 Å². The Morgan fingerprint density at radius 3 is 2.38 bits per heavy atom. The summed E-state index contributed by atoms with van der Waals surface area (Å²) in [5.74, 6) is 0.259. The molecular formula is C16H31O4Si. The third-order valence-corrected chi connectivity index (χ3v) is 5.19. The summed E-state index contributed by atoms with van der Waals surface area (Å²) in [6.07, 6.45) is 6.91. The van der Waals surface area contributed by atoms with Crippen molar-refractivity contribution in [1.29, 1.82) is 0 Å². The Bertz CT molecular complexity index is 265. The second-order valence-corrected chi connectivity index (χ2v) is 6.92. The second-order valence-electron chi connectivity index (χ2n) is 5.10. The fourth-order valence-corrected chi connectivity index (χ4v) is 3.57. The van der Waals surface area contributed by atoms with Crippen LogP contribution in [0, 0.1) is 5.92 Å². The monoisotopic (exact) mass is 315 g/mol. The number of unbranched alkanes of at least 4 members (excludes halogenated alkanes) is 2. The van der Waals surface area contributed by atoms with Crippen LogP contribution in [0.1, 0.15) is 52.9 Å². The number of rotatable bonds is 14. The zero-order valence-electron chi connectivity index (χ0n) is 13.9. The van der Waals surface area contributed by atoms with E-state index in [-0.39, 0.29) is 5.97 Å². The Hall–Kier alpha value is -0.653. The minimum Gasteiger partial charge on any atom is -0.463 e. The van der Waals surface area contributed by atoms with Crippen molar-refractivity contribution in [2.24, 2.45) is 5.92 Å². The highest BCUT2D eigenvalue weighted by Crippen LogP contribution is 2.15. The number of esters is 1. The molecule has 0 fully saturated rings. The molecule has 0 saturated carbocycles. The van der Waals surface area contributed by atoms with E-state index in [1.165, 1.54) is 31.8 Å². The standard InChI is InChI=1S/C16H31O4Si/c1-5-16(17)18-13-12-15(4)11-9-8-10-14-21(19-6-2)20-7-3/h5,15H,1,6-14H2,2-4H3. The molecule has 0 rings (SSSR count). The summed E-state index contributed by atoms with van der Waals surface area (Å²) >= 11 is 0. The maximum atomic E-state index is 10.9. The van der Waals surface area contributed by atoms with E-state index in [0.717, 1.165) is 25.7 Å². The first-order chi connectivity index (χ1) is 10.1. The molecule has 4 nitrogen and oxygen atoms in total. The minimum absolute atomic E-state index is 0.330. The fraction of sp³-hybridized carbons (Fsp3) is 0.812. The van der Waals surface area contributed by atoms with Gasteiger partial charge in [0.05, 0.1) is 6.61 Å². The lowest BCUT2D eigenvalue weighted by molar-refractivity contribution is -0.138. The van der Waals surface area contributed by atoms with Gasteiger partial charge in [-0.05, 0) is 32.2 Å². The summed E-state index contributed by atoms with van der Waals surface area (Å²) in [6.45, 7) is 11.6. The molecule has 0 aliphatic heterocycles. The molecule has 0 N–H and O–H groups in total. The molecule has 1 radical (unpaired) electrons. The lowest BCUT2D eigenvalue weighted by Gasteiger charge is -2.13.